The maximum Gasteiger partial charge on any atom is 0.279 e. The van der Waals surface area contributed by atoms with Crippen LogP contribution in [0.5, 0.6) is 5.75 Å². The number of benzene rings is 2. The fraction of sp³-hybridized carbons (Fsp3) is 0.273. The number of carbonyl (C=O) groups is 2. The molecule has 3 N–H and O–H groups in total. The van der Waals surface area contributed by atoms with E-state index in [0.717, 1.165) is 4.90 Å². The van der Waals surface area contributed by atoms with Gasteiger partial charge in [0, 0.05) is 39.2 Å². The smallest absolute Gasteiger partial charge is 0.279 e. The van der Waals surface area contributed by atoms with Crippen molar-refractivity contribution in [1.29, 1.82) is 0 Å². The number of carbonyl (C=O) groups excluding carboxylic acids is 2. The number of nitrogens with one attached hydrogen (secondary N) is 1. The molecule has 32 heavy (non-hydrogen) atoms. The minimum absolute atomic E-state index is 0.0181. The van der Waals surface area contributed by atoms with Crippen LogP contribution in [0.1, 0.15) is 11.1 Å². The van der Waals surface area contributed by atoms with Crippen molar-refractivity contribution in [2.45, 2.75) is 24.6 Å². The van der Waals surface area contributed by atoms with E-state index in [4.69, 9.17) is 0 Å². The lowest BCUT2D eigenvalue weighted by atomic mass is 9.92. The predicted octanol–water partition coefficient (Wildman–Crippen LogP) is 1.55. The van der Waals surface area contributed by atoms with Crippen LogP contribution >= 0.6 is 0 Å². The summed E-state index contributed by atoms with van der Waals surface area (Å²) in [5, 5.41) is 32.7. The Labute approximate surface area is 182 Å². The second kappa shape index (κ2) is 7.65. The van der Waals surface area contributed by atoms with Gasteiger partial charge in [-0.25, -0.2) is 0 Å². The van der Waals surface area contributed by atoms with E-state index in [9.17, 15) is 29.9 Å². The van der Waals surface area contributed by atoms with Gasteiger partial charge in [-0.05, 0) is 29.3 Å². The van der Waals surface area contributed by atoms with Gasteiger partial charge < -0.3 is 25.0 Å². The largest absolute Gasteiger partial charge is 0.508 e. The molecule has 2 amide bonds. The molecule has 1 aliphatic heterocycles. The van der Waals surface area contributed by atoms with Gasteiger partial charge in [-0.15, -0.1) is 0 Å². The second-order valence-corrected chi connectivity index (χ2v) is 7.97. The fourth-order valence-electron chi connectivity index (χ4n) is 4.26. The van der Waals surface area contributed by atoms with Crippen LogP contribution < -0.4 is 0 Å². The van der Waals surface area contributed by atoms with Crippen molar-refractivity contribution in [2.24, 2.45) is 0 Å². The number of nitrogens with zero attached hydrogens (tertiary/aromatic N) is 3. The van der Waals surface area contributed by atoms with Gasteiger partial charge in [0.05, 0.1) is 15.8 Å². The summed E-state index contributed by atoms with van der Waals surface area (Å²) in [6, 6.07) is 9.81. The van der Waals surface area contributed by atoms with E-state index in [1.807, 2.05) is 0 Å². The highest BCUT2D eigenvalue weighted by Gasteiger charge is 2.53. The van der Waals surface area contributed by atoms with Gasteiger partial charge in [0.25, 0.3) is 11.6 Å². The summed E-state index contributed by atoms with van der Waals surface area (Å²) in [5.74, 6) is -1.19. The number of H-pyrrole nitrogens is 1. The number of phenols is 1. The van der Waals surface area contributed by atoms with Gasteiger partial charge in [0.15, 0.2) is 0 Å². The molecule has 2 atom stereocenters. The van der Waals surface area contributed by atoms with E-state index >= 15 is 0 Å². The van der Waals surface area contributed by atoms with Crippen LogP contribution in [0.4, 0.5) is 5.69 Å². The zero-order valence-electron chi connectivity index (χ0n) is 17.5. The number of nitro benzene ring substituents is 1. The Morgan fingerprint density at radius 1 is 1.19 bits per heavy atom. The second-order valence-electron chi connectivity index (χ2n) is 7.97. The Hall–Kier alpha value is -3.92. The summed E-state index contributed by atoms with van der Waals surface area (Å²) in [6.07, 6.45) is 1.44. The number of hydrogen-bond acceptors (Lipinski definition) is 6. The van der Waals surface area contributed by atoms with Gasteiger partial charge >= 0.3 is 0 Å². The van der Waals surface area contributed by atoms with Gasteiger partial charge in [-0.1, -0.05) is 18.2 Å². The van der Waals surface area contributed by atoms with Crippen molar-refractivity contribution >= 4 is 28.4 Å². The van der Waals surface area contributed by atoms with Crippen LogP contribution in [0.25, 0.3) is 10.9 Å². The SMILES string of the molecule is CN1C(=O)[C@](O)(Cc2cccc(O)c2)N(C)C(=O)[C@H]1Cc1c[nH]c2cccc([N+](=O)[O-])c12. The number of amides is 2. The first-order valence-corrected chi connectivity index (χ1v) is 9.92. The standard InChI is InChI=1S/C22H22N4O6/c1-24-18(10-14-12-23-16-7-4-8-17(19(14)16)26(31)32)20(28)25(2)22(30,21(24)29)11-13-5-3-6-15(27)9-13/h3-9,12,18,23,27,30H,10-11H2,1-2H3/t18-,22-/m1/s1. The predicted molar refractivity (Wildman–Crippen MR) is 115 cm³/mol. The van der Waals surface area contributed by atoms with E-state index in [2.05, 4.69) is 4.98 Å². The van der Waals surface area contributed by atoms with Gasteiger partial charge in [-0.2, -0.15) is 0 Å². The molecule has 2 heterocycles. The molecule has 2 aromatic carbocycles. The van der Waals surface area contributed by atoms with Crippen LogP contribution in [0, 0.1) is 10.1 Å². The zero-order chi connectivity index (χ0) is 23.2. The highest BCUT2D eigenvalue weighted by atomic mass is 16.6. The van der Waals surface area contributed by atoms with Crippen molar-refractivity contribution in [1.82, 2.24) is 14.8 Å². The monoisotopic (exact) mass is 438 g/mol. The van der Waals surface area contributed by atoms with Crippen LogP contribution in [0.3, 0.4) is 0 Å². The first-order valence-electron chi connectivity index (χ1n) is 9.92. The Balaban J connectivity index is 1.66. The zero-order valence-corrected chi connectivity index (χ0v) is 17.5. The molecule has 1 aliphatic rings. The summed E-state index contributed by atoms with van der Waals surface area (Å²) in [7, 11) is 2.77. The number of aromatic hydroxyl groups is 1. The van der Waals surface area contributed by atoms with Crippen LogP contribution in [-0.2, 0) is 22.4 Å². The lowest BCUT2D eigenvalue weighted by Gasteiger charge is -2.47. The molecule has 0 bridgehead atoms. The summed E-state index contributed by atoms with van der Waals surface area (Å²) in [6.45, 7) is 0. The number of hydrogen-bond donors (Lipinski definition) is 3. The molecule has 0 saturated carbocycles. The summed E-state index contributed by atoms with van der Waals surface area (Å²) in [4.78, 5) is 42.5. The number of aromatic nitrogens is 1. The number of likely N-dealkylation sites (N-methyl/N-ethyl adjacent to an activating group) is 2. The first kappa shape index (κ1) is 21.3. The maximum atomic E-state index is 13.2. The summed E-state index contributed by atoms with van der Waals surface area (Å²) < 4.78 is 0. The van der Waals surface area contributed by atoms with Crippen molar-refractivity contribution in [3.8, 4) is 5.75 Å². The molecule has 0 spiro atoms. The molecular weight excluding hydrogens is 416 g/mol. The number of aromatic amines is 1. The number of phenolic OH excluding ortho intramolecular Hbond substituents is 1. The third-order valence-corrected chi connectivity index (χ3v) is 6.04. The minimum Gasteiger partial charge on any atom is -0.508 e. The lowest BCUT2D eigenvalue weighted by molar-refractivity contribution is -0.383. The molecular formula is C22H22N4O6. The lowest BCUT2D eigenvalue weighted by Crippen LogP contribution is -2.70. The van der Waals surface area contributed by atoms with E-state index < -0.39 is 28.5 Å². The minimum atomic E-state index is -2.12. The average molecular weight is 438 g/mol. The number of non-ortho nitro benzene ring substituents is 1. The molecule has 3 aromatic rings. The van der Waals surface area contributed by atoms with Crippen LogP contribution in [0.2, 0.25) is 0 Å². The molecule has 10 heteroatoms. The van der Waals surface area contributed by atoms with E-state index in [0.29, 0.717) is 22.0 Å². The highest BCUT2D eigenvalue weighted by molar-refractivity contribution is 5.99. The van der Waals surface area contributed by atoms with E-state index in [1.54, 1.807) is 30.5 Å². The Kier molecular flexibility index (Phi) is 5.09. The summed E-state index contributed by atoms with van der Waals surface area (Å²) >= 11 is 0. The van der Waals surface area contributed by atoms with Crippen molar-refractivity contribution in [3.63, 3.8) is 0 Å². The molecule has 0 radical (unpaired) electrons. The van der Waals surface area contributed by atoms with Gasteiger partial charge in [-0.3, -0.25) is 19.7 Å². The normalized spacial score (nSPS) is 21.4. The molecule has 10 nitrogen and oxygen atoms in total. The topological polar surface area (TPSA) is 140 Å². The molecule has 1 fully saturated rings. The van der Waals surface area contributed by atoms with Crippen molar-refractivity contribution in [3.05, 3.63) is 69.9 Å². The quantitative estimate of drug-likeness (QED) is 0.408. The number of nitro groups is 1. The number of fused-ring (bicyclic) bond motifs is 1. The van der Waals surface area contributed by atoms with Crippen LogP contribution in [-0.4, -0.2) is 67.6 Å². The molecule has 1 aromatic heterocycles. The van der Waals surface area contributed by atoms with Gasteiger partial charge in [0.1, 0.15) is 11.8 Å². The fourth-order valence-corrected chi connectivity index (χ4v) is 4.26. The Morgan fingerprint density at radius 3 is 2.59 bits per heavy atom. The van der Waals surface area contributed by atoms with Gasteiger partial charge in [0.2, 0.25) is 11.6 Å². The average Bonchev–Trinajstić information content (AvgIpc) is 3.17. The molecule has 0 aliphatic carbocycles. The van der Waals surface area contributed by atoms with Crippen molar-refractivity contribution < 1.29 is 24.7 Å². The summed E-state index contributed by atoms with van der Waals surface area (Å²) in [5.41, 5.74) is -0.649. The third kappa shape index (κ3) is 3.34. The van der Waals surface area contributed by atoms with Crippen LogP contribution in [0.15, 0.2) is 48.7 Å². The number of aliphatic hydroxyl groups is 1. The maximum absolute atomic E-state index is 13.2. The number of rotatable bonds is 5. The van der Waals surface area contributed by atoms with E-state index in [1.165, 1.54) is 37.2 Å². The van der Waals surface area contributed by atoms with E-state index in [-0.39, 0.29) is 24.3 Å². The molecule has 0 unspecified atom stereocenters. The molecule has 4 rings (SSSR count). The Bertz CT molecular complexity index is 1240. The third-order valence-electron chi connectivity index (χ3n) is 6.04. The Morgan fingerprint density at radius 2 is 1.91 bits per heavy atom. The number of piperazine rings is 1. The highest BCUT2D eigenvalue weighted by Crippen LogP contribution is 2.33. The molecule has 166 valence electrons. The molecule has 1 saturated heterocycles. The first-order chi connectivity index (χ1) is 15.1. The van der Waals surface area contributed by atoms with Crippen molar-refractivity contribution in [2.75, 3.05) is 14.1 Å².